The Labute approximate surface area is 112 Å². The van der Waals surface area contributed by atoms with Crippen LogP contribution in [0.4, 0.5) is 0 Å². The average Bonchev–Trinajstić information content (AvgIpc) is 2.88. The summed E-state index contributed by atoms with van der Waals surface area (Å²) in [6.45, 7) is 4.60. The summed E-state index contributed by atoms with van der Waals surface area (Å²) >= 11 is 1.60. The van der Waals surface area contributed by atoms with Gasteiger partial charge in [-0.1, -0.05) is 0 Å². The predicted octanol–water partition coefficient (Wildman–Crippen LogP) is 2.70. The summed E-state index contributed by atoms with van der Waals surface area (Å²) < 4.78 is 5.41. The van der Waals surface area contributed by atoms with Gasteiger partial charge in [0.25, 0.3) is 5.91 Å². The van der Waals surface area contributed by atoms with Gasteiger partial charge in [0.2, 0.25) is 0 Å². The molecule has 1 aliphatic carbocycles. The molecule has 3 rings (SSSR count). The Morgan fingerprint density at radius 3 is 2.83 bits per heavy atom. The third kappa shape index (κ3) is 2.59. The van der Waals surface area contributed by atoms with E-state index in [4.69, 9.17) is 4.74 Å². The second kappa shape index (κ2) is 5.02. The summed E-state index contributed by atoms with van der Waals surface area (Å²) in [5.41, 5.74) is 0. The van der Waals surface area contributed by atoms with E-state index in [1.165, 1.54) is 17.7 Å². The summed E-state index contributed by atoms with van der Waals surface area (Å²) in [5, 5.41) is 0. The highest BCUT2D eigenvalue weighted by atomic mass is 32.1. The first kappa shape index (κ1) is 12.2. The van der Waals surface area contributed by atoms with Gasteiger partial charge in [-0.15, -0.1) is 11.3 Å². The monoisotopic (exact) mass is 265 g/mol. The van der Waals surface area contributed by atoms with Crippen LogP contribution in [-0.4, -0.2) is 36.6 Å². The Morgan fingerprint density at radius 2 is 2.28 bits per heavy atom. The average molecular weight is 265 g/mol. The first-order chi connectivity index (χ1) is 8.74. The van der Waals surface area contributed by atoms with Gasteiger partial charge in [-0.3, -0.25) is 4.79 Å². The highest BCUT2D eigenvalue weighted by molar-refractivity contribution is 7.13. The van der Waals surface area contributed by atoms with Gasteiger partial charge in [-0.05, 0) is 38.3 Å². The van der Waals surface area contributed by atoms with Crippen molar-refractivity contribution in [1.29, 1.82) is 0 Å². The van der Waals surface area contributed by atoms with Crippen molar-refractivity contribution in [3.8, 4) is 0 Å². The molecule has 1 aromatic rings. The third-order valence-corrected chi connectivity index (χ3v) is 4.67. The fourth-order valence-electron chi connectivity index (χ4n) is 2.48. The van der Waals surface area contributed by atoms with Crippen LogP contribution < -0.4 is 0 Å². The van der Waals surface area contributed by atoms with Gasteiger partial charge >= 0.3 is 0 Å². The van der Waals surface area contributed by atoms with Gasteiger partial charge in [0, 0.05) is 30.0 Å². The molecule has 0 N–H and O–H groups in total. The summed E-state index contributed by atoms with van der Waals surface area (Å²) in [7, 11) is 0. The minimum absolute atomic E-state index is 0.225. The lowest BCUT2D eigenvalue weighted by molar-refractivity contribution is 0.0711. The van der Waals surface area contributed by atoms with Crippen molar-refractivity contribution < 1.29 is 9.53 Å². The molecule has 1 atom stereocenters. The van der Waals surface area contributed by atoms with Crippen molar-refractivity contribution in [2.75, 3.05) is 19.8 Å². The first-order valence-corrected chi connectivity index (χ1v) is 7.51. The molecule has 1 amide bonds. The molecule has 2 heterocycles. The zero-order chi connectivity index (χ0) is 12.5. The number of hydrogen-bond acceptors (Lipinski definition) is 3. The van der Waals surface area contributed by atoms with Crippen molar-refractivity contribution in [1.82, 2.24) is 4.90 Å². The highest BCUT2D eigenvalue weighted by Crippen LogP contribution is 2.31. The number of amides is 1. The van der Waals surface area contributed by atoms with Crippen LogP contribution in [0.15, 0.2) is 12.1 Å². The first-order valence-electron chi connectivity index (χ1n) is 6.69. The molecule has 0 bridgehead atoms. The number of thiophene rings is 1. The molecule has 1 aliphatic heterocycles. The minimum Gasteiger partial charge on any atom is -0.381 e. The van der Waals surface area contributed by atoms with Crippen LogP contribution in [0.25, 0.3) is 0 Å². The molecule has 3 nitrogen and oxygen atoms in total. The van der Waals surface area contributed by atoms with Crippen molar-refractivity contribution >= 4 is 17.2 Å². The Kier molecular flexibility index (Phi) is 3.39. The molecule has 98 valence electrons. The highest BCUT2D eigenvalue weighted by Gasteiger charge is 2.35. The quantitative estimate of drug-likeness (QED) is 0.837. The summed E-state index contributed by atoms with van der Waals surface area (Å²) in [5.74, 6) is 0.762. The van der Waals surface area contributed by atoms with Gasteiger partial charge in [-0.25, -0.2) is 0 Å². The number of carbonyl (C=O) groups excluding carboxylic acids is 1. The number of hydrogen-bond donors (Lipinski definition) is 0. The Balaban J connectivity index is 1.70. The molecule has 0 aromatic carbocycles. The standard InChI is InChI=1S/C14H19NO2S/c1-10-2-5-13(18-10)14(16)15(12-3-4-12)8-11-6-7-17-9-11/h2,5,11-12H,3-4,6-9H2,1H3. The second-order valence-electron chi connectivity index (χ2n) is 5.33. The molecule has 4 heteroatoms. The Morgan fingerprint density at radius 1 is 1.44 bits per heavy atom. The summed E-state index contributed by atoms with van der Waals surface area (Å²) in [6.07, 6.45) is 3.44. The summed E-state index contributed by atoms with van der Waals surface area (Å²) in [6, 6.07) is 4.48. The van der Waals surface area contributed by atoms with E-state index in [0.29, 0.717) is 12.0 Å². The van der Waals surface area contributed by atoms with E-state index in [9.17, 15) is 4.79 Å². The van der Waals surface area contributed by atoms with Crippen LogP contribution in [-0.2, 0) is 4.74 Å². The lowest BCUT2D eigenvalue weighted by Crippen LogP contribution is -2.37. The van der Waals surface area contributed by atoms with E-state index in [1.807, 2.05) is 19.1 Å². The van der Waals surface area contributed by atoms with E-state index >= 15 is 0 Å². The maximum atomic E-state index is 12.5. The molecule has 1 saturated carbocycles. The molecular weight excluding hydrogens is 246 g/mol. The number of rotatable bonds is 4. The minimum atomic E-state index is 0.225. The number of ether oxygens (including phenoxy) is 1. The predicted molar refractivity (Wildman–Crippen MR) is 72.0 cm³/mol. The molecule has 1 aromatic heterocycles. The van der Waals surface area contributed by atoms with Crippen LogP contribution >= 0.6 is 11.3 Å². The second-order valence-corrected chi connectivity index (χ2v) is 6.62. The van der Waals surface area contributed by atoms with Crippen LogP contribution in [0.1, 0.15) is 33.8 Å². The largest absolute Gasteiger partial charge is 0.381 e. The molecule has 1 unspecified atom stereocenters. The lowest BCUT2D eigenvalue weighted by Gasteiger charge is -2.24. The molecule has 2 fully saturated rings. The number of aryl methyl sites for hydroxylation is 1. The van der Waals surface area contributed by atoms with E-state index in [1.54, 1.807) is 11.3 Å². The van der Waals surface area contributed by atoms with Gasteiger partial charge in [-0.2, -0.15) is 0 Å². The van der Waals surface area contributed by atoms with Gasteiger partial charge in [0.05, 0.1) is 11.5 Å². The van der Waals surface area contributed by atoms with E-state index in [0.717, 1.165) is 31.1 Å². The van der Waals surface area contributed by atoms with Crippen LogP contribution in [0.5, 0.6) is 0 Å². The molecule has 0 spiro atoms. The van der Waals surface area contributed by atoms with Gasteiger partial charge in [0.1, 0.15) is 0 Å². The van der Waals surface area contributed by atoms with Crippen molar-refractivity contribution in [2.24, 2.45) is 5.92 Å². The van der Waals surface area contributed by atoms with Crippen molar-refractivity contribution in [3.05, 3.63) is 21.9 Å². The van der Waals surface area contributed by atoms with Crippen molar-refractivity contribution in [3.63, 3.8) is 0 Å². The van der Waals surface area contributed by atoms with Gasteiger partial charge < -0.3 is 9.64 Å². The molecule has 1 saturated heterocycles. The van der Waals surface area contributed by atoms with Crippen molar-refractivity contribution in [2.45, 2.75) is 32.2 Å². The van der Waals surface area contributed by atoms with E-state index in [-0.39, 0.29) is 5.91 Å². The molecular formula is C14H19NO2S. The Bertz CT molecular complexity index is 433. The topological polar surface area (TPSA) is 29.5 Å². The van der Waals surface area contributed by atoms with Gasteiger partial charge in [0.15, 0.2) is 0 Å². The number of carbonyl (C=O) groups is 1. The molecule has 0 radical (unpaired) electrons. The zero-order valence-electron chi connectivity index (χ0n) is 10.7. The zero-order valence-corrected chi connectivity index (χ0v) is 11.5. The smallest absolute Gasteiger partial charge is 0.264 e. The van der Waals surface area contributed by atoms with Crippen LogP contribution in [0.2, 0.25) is 0 Å². The Hall–Kier alpha value is -0.870. The third-order valence-electron chi connectivity index (χ3n) is 3.68. The fourth-order valence-corrected chi connectivity index (χ4v) is 3.30. The normalized spacial score (nSPS) is 23.3. The lowest BCUT2D eigenvalue weighted by atomic mass is 10.1. The van der Waals surface area contributed by atoms with Crippen LogP contribution in [0, 0.1) is 12.8 Å². The molecule has 2 aliphatic rings. The van der Waals surface area contributed by atoms with Crippen LogP contribution in [0.3, 0.4) is 0 Å². The summed E-state index contributed by atoms with van der Waals surface area (Å²) in [4.78, 5) is 16.7. The maximum absolute atomic E-state index is 12.5. The number of nitrogens with zero attached hydrogens (tertiary/aromatic N) is 1. The molecule has 18 heavy (non-hydrogen) atoms. The maximum Gasteiger partial charge on any atom is 0.264 e. The van der Waals surface area contributed by atoms with E-state index in [2.05, 4.69) is 4.90 Å². The van der Waals surface area contributed by atoms with E-state index < -0.39 is 0 Å². The SMILES string of the molecule is Cc1ccc(C(=O)N(CC2CCOC2)C2CC2)s1. The fraction of sp³-hybridized carbons (Fsp3) is 0.643.